The van der Waals surface area contributed by atoms with Gasteiger partial charge in [0.2, 0.25) is 5.56 Å². The number of rotatable bonds is 4. The summed E-state index contributed by atoms with van der Waals surface area (Å²) in [6.45, 7) is 0.720. The number of halogens is 2. The second-order valence-corrected chi connectivity index (χ2v) is 7.43. The van der Waals surface area contributed by atoms with Crippen molar-refractivity contribution < 1.29 is 13.6 Å². The van der Waals surface area contributed by atoms with Gasteiger partial charge in [-0.3, -0.25) is 14.5 Å². The van der Waals surface area contributed by atoms with Gasteiger partial charge < -0.3 is 10.3 Å². The molecule has 1 aliphatic heterocycles. The van der Waals surface area contributed by atoms with Crippen LogP contribution in [0.1, 0.15) is 52.8 Å². The van der Waals surface area contributed by atoms with Crippen LogP contribution >= 0.6 is 0 Å². The molecule has 1 saturated carbocycles. The number of likely N-dealkylation sites (tertiary alicyclic amines) is 1. The molecule has 0 bridgehead atoms. The topological polar surface area (TPSA) is 65.2 Å². The number of pyridine rings is 1. The van der Waals surface area contributed by atoms with Crippen LogP contribution in [0.2, 0.25) is 0 Å². The summed E-state index contributed by atoms with van der Waals surface area (Å²) in [5.41, 5.74) is 1.46. The van der Waals surface area contributed by atoms with Crippen LogP contribution in [0.15, 0.2) is 35.1 Å². The average Bonchev–Trinajstić information content (AvgIpc) is 3.42. The van der Waals surface area contributed by atoms with Crippen LogP contribution in [0.5, 0.6) is 0 Å². The van der Waals surface area contributed by atoms with E-state index in [1.54, 1.807) is 12.1 Å². The number of amides is 1. The average molecular weight is 373 g/mol. The summed E-state index contributed by atoms with van der Waals surface area (Å²) in [7, 11) is 1.89. The molecule has 2 fully saturated rings. The lowest BCUT2D eigenvalue weighted by atomic mass is 9.99. The molecule has 2 aromatic rings. The normalized spacial score (nSPS) is 22.8. The first-order chi connectivity index (χ1) is 12.9. The fourth-order valence-corrected chi connectivity index (χ4v) is 3.84. The predicted octanol–water partition coefficient (Wildman–Crippen LogP) is 2.71. The predicted molar refractivity (Wildman–Crippen MR) is 96.6 cm³/mol. The molecule has 2 N–H and O–H groups in total. The van der Waals surface area contributed by atoms with Crippen LogP contribution in [0.3, 0.4) is 0 Å². The van der Waals surface area contributed by atoms with Gasteiger partial charge in [-0.05, 0) is 56.0 Å². The van der Waals surface area contributed by atoms with Gasteiger partial charge >= 0.3 is 0 Å². The zero-order chi connectivity index (χ0) is 19.1. The van der Waals surface area contributed by atoms with E-state index in [0.717, 1.165) is 31.1 Å². The monoisotopic (exact) mass is 373 g/mol. The highest BCUT2D eigenvalue weighted by molar-refractivity contribution is 5.94. The lowest BCUT2D eigenvalue weighted by Crippen LogP contribution is -2.39. The van der Waals surface area contributed by atoms with E-state index < -0.39 is 11.6 Å². The quantitative estimate of drug-likeness (QED) is 0.866. The molecule has 2 aliphatic rings. The largest absolute Gasteiger partial charge is 0.347 e. The highest BCUT2D eigenvalue weighted by Crippen LogP contribution is 2.38. The Hall–Kier alpha value is -2.54. The van der Waals surface area contributed by atoms with Crippen molar-refractivity contribution in [1.29, 1.82) is 0 Å². The minimum Gasteiger partial charge on any atom is -0.347 e. The van der Waals surface area contributed by atoms with Crippen molar-refractivity contribution >= 4 is 5.91 Å². The Labute approximate surface area is 155 Å². The molecular weight excluding hydrogens is 352 g/mol. The van der Waals surface area contributed by atoms with E-state index in [0.29, 0.717) is 23.5 Å². The number of likely N-dealkylation sites (N-methyl/N-ethyl adjacent to an activating group) is 1. The van der Waals surface area contributed by atoms with Gasteiger partial charge in [0, 0.05) is 23.9 Å². The van der Waals surface area contributed by atoms with Gasteiger partial charge in [0.15, 0.2) is 11.6 Å². The van der Waals surface area contributed by atoms with E-state index >= 15 is 0 Å². The molecule has 2 unspecified atom stereocenters. The highest BCUT2D eigenvalue weighted by Gasteiger charge is 2.35. The van der Waals surface area contributed by atoms with E-state index in [4.69, 9.17) is 0 Å². The van der Waals surface area contributed by atoms with Crippen molar-refractivity contribution in [3.63, 3.8) is 0 Å². The van der Waals surface area contributed by atoms with E-state index in [9.17, 15) is 18.4 Å². The number of hydrogen-bond donors (Lipinski definition) is 2. The van der Waals surface area contributed by atoms with Gasteiger partial charge in [-0.1, -0.05) is 6.07 Å². The molecule has 1 amide bonds. The third-order valence-corrected chi connectivity index (χ3v) is 5.39. The maximum Gasteiger partial charge on any atom is 0.251 e. The molecule has 5 nitrogen and oxygen atoms in total. The summed E-state index contributed by atoms with van der Waals surface area (Å²) in [6, 6.07) is 6.35. The standard InChI is InChI=1S/C20H21F2N3O2/c1-25-7-6-16(19(25)12-4-5-14(21)15(22)8-12)24-20(27)13-9-17(11-2-3-11)23-18(26)10-13/h4-5,8-11,16,19H,2-3,6-7H2,1H3,(H,23,26)(H,24,27). The molecule has 142 valence electrons. The minimum absolute atomic E-state index is 0.254. The number of hydrogen-bond acceptors (Lipinski definition) is 3. The Kier molecular flexibility index (Phi) is 4.55. The number of benzene rings is 1. The van der Waals surface area contributed by atoms with E-state index in [1.165, 1.54) is 12.1 Å². The Morgan fingerprint density at radius 2 is 1.93 bits per heavy atom. The summed E-state index contributed by atoms with van der Waals surface area (Å²) in [5.74, 6) is -1.79. The molecule has 4 rings (SSSR count). The van der Waals surface area contributed by atoms with Gasteiger partial charge in [-0.15, -0.1) is 0 Å². The number of carbonyl (C=O) groups excluding carboxylic acids is 1. The second-order valence-electron chi connectivity index (χ2n) is 7.43. The maximum absolute atomic E-state index is 13.7. The van der Waals surface area contributed by atoms with Crippen molar-refractivity contribution in [2.75, 3.05) is 13.6 Å². The molecule has 1 aromatic heterocycles. The zero-order valence-electron chi connectivity index (χ0n) is 15.0. The lowest BCUT2D eigenvalue weighted by molar-refractivity contribution is 0.0927. The smallest absolute Gasteiger partial charge is 0.251 e. The van der Waals surface area contributed by atoms with Crippen LogP contribution in [0, 0.1) is 11.6 Å². The molecule has 2 atom stereocenters. The first-order valence-corrected chi connectivity index (χ1v) is 9.12. The van der Waals surface area contributed by atoms with Crippen molar-refractivity contribution in [2.45, 2.75) is 37.3 Å². The van der Waals surface area contributed by atoms with Crippen molar-refractivity contribution in [1.82, 2.24) is 15.2 Å². The highest BCUT2D eigenvalue weighted by atomic mass is 19.2. The lowest BCUT2D eigenvalue weighted by Gasteiger charge is -2.26. The molecule has 1 aromatic carbocycles. The summed E-state index contributed by atoms with van der Waals surface area (Å²) >= 11 is 0. The SMILES string of the molecule is CN1CCC(NC(=O)c2cc(C3CC3)[nH]c(=O)c2)C1c1ccc(F)c(F)c1. The maximum atomic E-state index is 13.7. The molecule has 7 heteroatoms. The van der Waals surface area contributed by atoms with Gasteiger partial charge in [0.1, 0.15) is 0 Å². The fourth-order valence-electron chi connectivity index (χ4n) is 3.84. The third kappa shape index (κ3) is 3.64. The fraction of sp³-hybridized carbons (Fsp3) is 0.400. The van der Waals surface area contributed by atoms with Gasteiger partial charge in [-0.2, -0.15) is 0 Å². The summed E-state index contributed by atoms with van der Waals surface area (Å²) in [4.78, 5) is 29.4. The first-order valence-electron chi connectivity index (χ1n) is 9.12. The van der Waals surface area contributed by atoms with Crippen molar-refractivity contribution in [2.24, 2.45) is 0 Å². The number of carbonyl (C=O) groups is 1. The molecule has 0 radical (unpaired) electrons. The van der Waals surface area contributed by atoms with Crippen molar-refractivity contribution in [3.8, 4) is 0 Å². The number of aromatic amines is 1. The van der Waals surface area contributed by atoms with E-state index in [-0.39, 0.29) is 23.6 Å². The summed E-state index contributed by atoms with van der Waals surface area (Å²) in [6.07, 6.45) is 2.73. The number of nitrogens with one attached hydrogen (secondary N) is 2. The van der Waals surface area contributed by atoms with Crippen LogP contribution in [0.4, 0.5) is 8.78 Å². The number of nitrogens with zero attached hydrogens (tertiary/aromatic N) is 1. The van der Waals surface area contributed by atoms with E-state index in [1.807, 2.05) is 11.9 Å². The van der Waals surface area contributed by atoms with Gasteiger partial charge in [0.25, 0.3) is 5.91 Å². The number of H-pyrrole nitrogens is 1. The number of aromatic nitrogens is 1. The summed E-state index contributed by atoms with van der Waals surface area (Å²) < 4.78 is 26.9. The second kappa shape index (κ2) is 6.88. The Morgan fingerprint density at radius 1 is 1.15 bits per heavy atom. The van der Waals surface area contributed by atoms with Crippen LogP contribution in [-0.4, -0.2) is 35.4 Å². The van der Waals surface area contributed by atoms with Crippen LogP contribution < -0.4 is 10.9 Å². The van der Waals surface area contributed by atoms with Crippen molar-refractivity contribution in [3.05, 3.63) is 69.1 Å². The van der Waals surface area contributed by atoms with Crippen LogP contribution in [-0.2, 0) is 0 Å². The van der Waals surface area contributed by atoms with Gasteiger partial charge in [-0.25, -0.2) is 8.78 Å². The summed E-state index contributed by atoms with van der Waals surface area (Å²) in [5, 5.41) is 2.97. The molecule has 0 spiro atoms. The molecule has 2 heterocycles. The Bertz CT molecular complexity index is 939. The molecular formula is C20H21F2N3O2. The molecule has 1 saturated heterocycles. The zero-order valence-corrected chi connectivity index (χ0v) is 15.0. The Morgan fingerprint density at radius 3 is 2.63 bits per heavy atom. The van der Waals surface area contributed by atoms with E-state index in [2.05, 4.69) is 10.3 Å². The third-order valence-electron chi connectivity index (χ3n) is 5.39. The van der Waals surface area contributed by atoms with Gasteiger partial charge in [0.05, 0.1) is 12.1 Å². The minimum atomic E-state index is -0.901. The molecule has 1 aliphatic carbocycles. The molecule has 27 heavy (non-hydrogen) atoms. The first kappa shape index (κ1) is 17.9. The Balaban J connectivity index is 1.56. The van der Waals surface area contributed by atoms with Crippen LogP contribution in [0.25, 0.3) is 0 Å².